The summed E-state index contributed by atoms with van der Waals surface area (Å²) in [6, 6.07) is 6.21. The summed E-state index contributed by atoms with van der Waals surface area (Å²) >= 11 is 0. The van der Waals surface area contributed by atoms with Gasteiger partial charge in [-0.05, 0) is 30.3 Å². The molecule has 0 bridgehead atoms. The molecule has 34 heavy (non-hydrogen) atoms. The van der Waals surface area contributed by atoms with Gasteiger partial charge in [-0.1, -0.05) is 5.16 Å². The van der Waals surface area contributed by atoms with Crippen LogP contribution in [-0.4, -0.2) is 54.5 Å². The van der Waals surface area contributed by atoms with Crippen LogP contribution in [0.3, 0.4) is 0 Å². The van der Waals surface area contributed by atoms with Gasteiger partial charge in [-0.2, -0.15) is 13.2 Å². The Bertz CT molecular complexity index is 1250. The molecule has 2 amide bonds. The highest BCUT2D eigenvalue weighted by Crippen LogP contribution is 2.34. The fourth-order valence-electron chi connectivity index (χ4n) is 3.52. The van der Waals surface area contributed by atoms with E-state index in [9.17, 15) is 32.3 Å². The number of halogens is 4. The molecule has 0 aliphatic carbocycles. The van der Waals surface area contributed by atoms with Crippen molar-refractivity contribution in [1.29, 1.82) is 0 Å². The quantitative estimate of drug-likeness (QED) is 0.479. The molecule has 0 unspecified atom stereocenters. The lowest BCUT2D eigenvalue weighted by Crippen LogP contribution is -2.55. The van der Waals surface area contributed by atoms with Crippen molar-refractivity contribution >= 4 is 40.0 Å². The molecule has 0 saturated carbocycles. The number of rotatable bonds is 5. The molecule has 0 radical (unpaired) electrons. The second-order valence-electron chi connectivity index (χ2n) is 7.37. The third-order valence-electron chi connectivity index (χ3n) is 5.22. The number of anilines is 3. The molecule has 13 heteroatoms. The molecule has 3 N–H and O–H groups in total. The number of hydrogen-bond acceptors (Lipinski definition) is 7. The van der Waals surface area contributed by atoms with Crippen LogP contribution >= 0.6 is 0 Å². The van der Waals surface area contributed by atoms with Crippen molar-refractivity contribution in [3.63, 3.8) is 0 Å². The van der Waals surface area contributed by atoms with Crippen LogP contribution in [0.5, 0.6) is 0 Å². The summed E-state index contributed by atoms with van der Waals surface area (Å²) in [5.74, 6) is -2.66. The van der Waals surface area contributed by atoms with Gasteiger partial charge in [-0.3, -0.25) is 9.59 Å². The number of aliphatic hydroxyl groups is 1. The van der Waals surface area contributed by atoms with Crippen molar-refractivity contribution in [3.05, 3.63) is 47.8 Å². The first-order valence-electron chi connectivity index (χ1n) is 9.96. The number of ether oxygens (including phenoxy) is 1. The van der Waals surface area contributed by atoms with Crippen molar-refractivity contribution in [2.24, 2.45) is 0 Å². The molecule has 3 aromatic rings. The molecular weight excluding hydrogens is 464 g/mol. The summed E-state index contributed by atoms with van der Waals surface area (Å²) in [7, 11) is 1.65. The first kappa shape index (κ1) is 23.4. The van der Waals surface area contributed by atoms with Crippen molar-refractivity contribution in [2.75, 3.05) is 35.7 Å². The van der Waals surface area contributed by atoms with E-state index in [0.29, 0.717) is 35.0 Å². The number of nitrogens with zero attached hydrogens (tertiary/aromatic N) is 2. The third kappa shape index (κ3) is 4.39. The topological polar surface area (TPSA) is 117 Å². The van der Waals surface area contributed by atoms with E-state index in [0.717, 1.165) is 4.90 Å². The van der Waals surface area contributed by atoms with Crippen molar-refractivity contribution in [3.8, 4) is 0 Å². The zero-order valence-electron chi connectivity index (χ0n) is 17.5. The Morgan fingerprint density at radius 3 is 2.74 bits per heavy atom. The van der Waals surface area contributed by atoms with E-state index in [4.69, 9.17) is 9.26 Å². The van der Waals surface area contributed by atoms with E-state index in [1.807, 2.05) is 0 Å². The highest BCUT2D eigenvalue weighted by molar-refractivity contribution is 6.04. The summed E-state index contributed by atoms with van der Waals surface area (Å²) in [4.78, 5) is 26.1. The smallest absolute Gasteiger partial charge is 0.380 e. The molecule has 1 aliphatic heterocycles. The molecular formula is C21H18F4N4O5. The van der Waals surface area contributed by atoms with Crippen LogP contribution in [0.15, 0.2) is 40.9 Å². The number of carbonyl (C=O) groups excluding carboxylic acids is 2. The second kappa shape index (κ2) is 8.91. The largest absolute Gasteiger partial charge is 0.416 e. The summed E-state index contributed by atoms with van der Waals surface area (Å²) in [5.41, 5.74) is -1.22. The van der Waals surface area contributed by atoms with Gasteiger partial charge in [0, 0.05) is 25.3 Å². The number of hydrogen-bond donors (Lipinski definition) is 3. The van der Waals surface area contributed by atoms with E-state index in [1.165, 1.54) is 12.1 Å². The Kier molecular flexibility index (Phi) is 6.15. The maximum absolute atomic E-state index is 14.3. The lowest BCUT2D eigenvalue weighted by atomic mass is 10.1. The lowest BCUT2D eigenvalue weighted by molar-refractivity contribution is -0.150. The van der Waals surface area contributed by atoms with E-state index in [2.05, 4.69) is 15.8 Å². The van der Waals surface area contributed by atoms with Crippen LogP contribution in [0.1, 0.15) is 5.56 Å². The van der Waals surface area contributed by atoms with E-state index >= 15 is 0 Å². The number of alkyl halides is 3. The first-order chi connectivity index (χ1) is 16.1. The Balaban J connectivity index is 1.52. The molecule has 1 saturated heterocycles. The molecule has 0 spiro atoms. The van der Waals surface area contributed by atoms with Crippen molar-refractivity contribution in [1.82, 2.24) is 5.16 Å². The SMILES string of the molecule is CNc1noc2cc(NC(=O)[C@H](O)[C@H]3OCCN(c4cc(C(F)(F)F)ccc4F)C3=O)ccc12. The normalized spacial score (nSPS) is 17.6. The molecule has 1 aliphatic rings. The average molecular weight is 482 g/mol. The van der Waals surface area contributed by atoms with Gasteiger partial charge < -0.3 is 29.9 Å². The summed E-state index contributed by atoms with van der Waals surface area (Å²) < 4.78 is 63.8. The molecule has 180 valence electrons. The van der Waals surface area contributed by atoms with Gasteiger partial charge in [0.1, 0.15) is 5.82 Å². The predicted octanol–water partition coefficient (Wildman–Crippen LogP) is 2.76. The summed E-state index contributed by atoms with van der Waals surface area (Å²) in [6.07, 6.45) is -8.54. The number of carbonyl (C=O) groups is 2. The van der Waals surface area contributed by atoms with Gasteiger partial charge in [0.25, 0.3) is 11.8 Å². The number of fused-ring (bicyclic) bond motifs is 1. The highest BCUT2D eigenvalue weighted by Gasteiger charge is 2.41. The van der Waals surface area contributed by atoms with Gasteiger partial charge in [-0.25, -0.2) is 4.39 Å². The van der Waals surface area contributed by atoms with Crippen molar-refractivity contribution in [2.45, 2.75) is 18.4 Å². The zero-order valence-corrected chi connectivity index (χ0v) is 17.5. The minimum Gasteiger partial charge on any atom is -0.380 e. The average Bonchev–Trinajstić information content (AvgIpc) is 3.21. The highest BCUT2D eigenvalue weighted by atomic mass is 19.4. The number of nitrogens with one attached hydrogen (secondary N) is 2. The molecule has 1 aromatic heterocycles. The van der Waals surface area contributed by atoms with Crippen LogP contribution in [-0.2, 0) is 20.5 Å². The van der Waals surface area contributed by atoms with Gasteiger partial charge in [0.05, 0.1) is 23.2 Å². The predicted molar refractivity (Wildman–Crippen MR) is 112 cm³/mol. The number of amides is 2. The number of aromatic nitrogens is 1. The standard InChI is InChI=1S/C21H18F4N4O5/c1-26-18-12-4-3-11(9-15(12)34-28-18)27-19(31)16(30)17-20(32)29(6-7-33-17)14-8-10(21(23,24)25)2-5-13(14)22/h2-5,8-9,16-17,30H,6-7H2,1H3,(H,26,28)(H,27,31)/t16-,17-/m1/s1. The van der Waals surface area contributed by atoms with Crippen LogP contribution < -0.4 is 15.5 Å². The Hall–Kier alpha value is -3.71. The van der Waals surface area contributed by atoms with Crippen LogP contribution in [0, 0.1) is 5.82 Å². The third-order valence-corrected chi connectivity index (χ3v) is 5.22. The lowest BCUT2D eigenvalue weighted by Gasteiger charge is -2.34. The second-order valence-corrected chi connectivity index (χ2v) is 7.37. The maximum atomic E-state index is 14.3. The van der Waals surface area contributed by atoms with Gasteiger partial charge in [0.2, 0.25) is 0 Å². The number of morpholine rings is 1. The van der Waals surface area contributed by atoms with Crippen LogP contribution in [0.25, 0.3) is 11.0 Å². The summed E-state index contributed by atoms with van der Waals surface area (Å²) in [6.45, 7) is -0.509. The fraction of sp³-hybridized carbons (Fsp3) is 0.286. The van der Waals surface area contributed by atoms with E-state index in [1.54, 1.807) is 13.1 Å². The zero-order chi connectivity index (χ0) is 24.6. The van der Waals surface area contributed by atoms with E-state index in [-0.39, 0.29) is 18.8 Å². The van der Waals surface area contributed by atoms with E-state index < -0.39 is 47.3 Å². The van der Waals surface area contributed by atoms with Gasteiger partial charge in [-0.15, -0.1) is 0 Å². The van der Waals surface area contributed by atoms with Gasteiger partial charge >= 0.3 is 6.18 Å². The fourth-order valence-corrected chi connectivity index (χ4v) is 3.52. The number of aliphatic hydroxyl groups excluding tert-OH is 1. The minimum atomic E-state index is -4.75. The van der Waals surface area contributed by atoms with Gasteiger partial charge in [0.15, 0.2) is 23.6 Å². The Labute approximate surface area is 189 Å². The molecule has 2 atom stereocenters. The number of benzene rings is 2. The van der Waals surface area contributed by atoms with Crippen LogP contribution in [0.2, 0.25) is 0 Å². The molecule has 2 aromatic carbocycles. The molecule has 2 heterocycles. The Morgan fingerprint density at radius 2 is 2.03 bits per heavy atom. The minimum absolute atomic E-state index is 0.222. The monoisotopic (exact) mass is 482 g/mol. The molecule has 9 nitrogen and oxygen atoms in total. The molecule has 1 fully saturated rings. The maximum Gasteiger partial charge on any atom is 0.416 e. The first-order valence-corrected chi connectivity index (χ1v) is 9.96. The van der Waals surface area contributed by atoms with Crippen molar-refractivity contribution < 1.29 is 41.5 Å². The molecule has 4 rings (SSSR count). The van der Waals surface area contributed by atoms with Crippen LogP contribution in [0.4, 0.5) is 34.8 Å². The Morgan fingerprint density at radius 1 is 1.26 bits per heavy atom. The summed E-state index contributed by atoms with van der Waals surface area (Å²) in [5, 5.41) is 20.1.